The van der Waals surface area contributed by atoms with Gasteiger partial charge in [0.25, 0.3) is 5.89 Å². The van der Waals surface area contributed by atoms with Gasteiger partial charge >= 0.3 is 0 Å². The Hall–Kier alpha value is -1.27. The first-order chi connectivity index (χ1) is 8.60. The van der Waals surface area contributed by atoms with E-state index in [1.54, 1.807) is 6.07 Å². The lowest BCUT2D eigenvalue weighted by molar-refractivity contribution is 0.419. The molecular formula is C12H13BrFN3O. The summed E-state index contributed by atoms with van der Waals surface area (Å²) in [4.78, 5) is 4.25. The van der Waals surface area contributed by atoms with Crippen LogP contribution >= 0.6 is 15.9 Å². The van der Waals surface area contributed by atoms with Crippen molar-refractivity contribution >= 4 is 15.9 Å². The third-order valence-corrected chi connectivity index (χ3v) is 3.25. The van der Waals surface area contributed by atoms with E-state index in [1.807, 2.05) is 6.92 Å². The van der Waals surface area contributed by atoms with Gasteiger partial charge in [-0.15, -0.1) is 0 Å². The molecule has 1 unspecified atom stereocenters. The first-order valence-corrected chi connectivity index (χ1v) is 6.43. The van der Waals surface area contributed by atoms with Crippen molar-refractivity contribution in [3.8, 4) is 11.5 Å². The van der Waals surface area contributed by atoms with Crippen LogP contribution < -0.4 is 5.73 Å². The summed E-state index contributed by atoms with van der Waals surface area (Å²) in [6, 6.07) is 4.32. The number of nitrogens with zero attached hydrogens (tertiary/aromatic N) is 2. The second-order valence-corrected chi connectivity index (χ2v) is 4.87. The normalized spacial score (nSPS) is 12.7. The van der Waals surface area contributed by atoms with Gasteiger partial charge in [0, 0.05) is 16.9 Å². The minimum atomic E-state index is -0.321. The van der Waals surface area contributed by atoms with Crippen LogP contribution in [-0.2, 0) is 6.42 Å². The molecule has 2 aromatic rings. The van der Waals surface area contributed by atoms with Crippen LogP contribution in [0.15, 0.2) is 27.2 Å². The molecule has 1 aromatic carbocycles. The molecule has 0 fully saturated rings. The largest absolute Gasteiger partial charge is 0.334 e. The molecule has 0 aliphatic carbocycles. The van der Waals surface area contributed by atoms with Gasteiger partial charge in [-0.1, -0.05) is 12.1 Å². The Bertz CT molecular complexity index is 544. The molecule has 0 bridgehead atoms. The molecule has 0 spiro atoms. The van der Waals surface area contributed by atoms with E-state index < -0.39 is 0 Å². The second kappa shape index (κ2) is 5.58. The average molecular weight is 314 g/mol. The van der Waals surface area contributed by atoms with E-state index >= 15 is 0 Å². The first kappa shape index (κ1) is 13.2. The minimum Gasteiger partial charge on any atom is -0.334 e. The standard InChI is InChI=1S/C12H13BrFN3O/c1-2-8(15)6-11-16-12(18-17-11)9-4-3-7(14)5-10(9)13/h3-5,8H,2,6,15H2,1H3. The van der Waals surface area contributed by atoms with E-state index in [1.165, 1.54) is 12.1 Å². The molecule has 1 heterocycles. The molecule has 2 N–H and O–H groups in total. The number of benzene rings is 1. The zero-order chi connectivity index (χ0) is 13.1. The van der Waals surface area contributed by atoms with Crippen molar-refractivity contribution in [1.29, 1.82) is 0 Å². The molecule has 0 aliphatic heterocycles. The van der Waals surface area contributed by atoms with E-state index in [-0.39, 0.29) is 11.9 Å². The van der Waals surface area contributed by atoms with Crippen molar-refractivity contribution in [2.75, 3.05) is 0 Å². The third-order valence-electron chi connectivity index (χ3n) is 2.60. The number of rotatable bonds is 4. The fourth-order valence-corrected chi connectivity index (χ4v) is 2.01. The van der Waals surface area contributed by atoms with Gasteiger partial charge in [-0.05, 0) is 40.5 Å². The Morgan fingerprint density at radius 1 is 1.50 bits per heavy atom. The van der Waals surface area contributed by atoms with Gasteiger partial charge in [0.15, 0.2) is 5.82 Å². The van der Waals surface area contributed by atoms with Crippen LogP contribution in [0.25, 0.3) is 11.5 Å². The monoisotopic (exact) mass is 313 g/mol. The zero-order valence-electron chi connectivity index (χ0n) is 9.86. The summed E-state index contributed by atoms with van der Waals surface area (Å²) >= 11 is 3.27. The van der Waals surface area contributed by atoms with Gasteiger partial charge in [-0.2, -0.15) is 4.98 Å². The molecule has 2 rings (SSSR count). The Morgan fingerprint density at radius 3 is 2.94 bits per heavy atom. The number of nitrogens with two attached hydrogens (primary N) is 1. The molecule has 4 nitrogen and oxygen atoms in total. The van der Waals surface area contributed by atoms with Crippen molar-refractivity contribution in [2.45, 2.75) is 25.8 Å². The summed E-state index contributed by atoms with van der Waals surface area (Å²) in [6.45, 7) is 2.00. The maximum Gasteiger partial charge on any atom is 0.259 e. The molecule has 0 saturated carbocycles. The highest BCUT2D eigenvalue weighted by molar-refractivity contribution is 9.10. The van der Waals surface area contributed by atoms with Crippen molar-refractivity contribution in [1.82, 2.24) is 10.1 Å². The molecule has 0 aliphatic rings. The van der Waals surface area contributed by atoms with Crippen molar-refractivity contribution < 1.29 is 8.91 Å². The highest BCUT2D eigenvalue weighted by atomic mass is 79.9. The van der Waals surface area contributed by atoms with Crippen molar-refractivity contribution in [2.24, 2.45) is 5.73 Å². The maximum absolute atomic E-state index is 13.0. The molecule has 0 amide bonds. The number of halogens is 2. The SMILES string of the molecule is CCC(N)Cc1noc(-c2ccc(F)cc2Br)n1. The minimum absolute atomic E-state index is 0.0205. The van der Waals surface area contributed by atoms with E-state index in [0.29, 0.717) is 28.2 Å². The summed E-state index contributed by atoms with van der Waals surface area (Å²) in [5.41, 5.74) is 6.49. The maximum atomic E-state index is 13.0. The number of hydrogen-bond donors (Lipinski definition) is 1. The average Bonchev–Trinajstić information content (AvgIpc) is 2.77. The van der Waals surface area contributed by atoms with Gasteiger partial charge in [-0.25, -0.2) is 4.39 Å². The van der Waals surface area contributed by atoms with Crippen LogP contribution in [0.4, 0.5) is 4.39 Å². The van der Waals surface area contributed by atoms with Crippen LogP contribution in [0.2, 0.25) is 0 Å². The fraction of sp³-hybridized carbons (Fsp3) is 0.333. The van der Waals surface area contributed by atoms with Crippen LogP contribution in [-0.4, -0.2) is 16.2 Å². The van der Waals surface area contributed by atoms with Gasteiger partial charge in [0.2, 0.25) is 0 Å². The predicted molar refractivity (Wildman–Crippen MR) is 69.4 cm³/mol. The van der Waals surface area contributed by atoms with Crippen molar-refractivity contribution in [3.05, 3.63) is 34.3 Å². The number of hydrogen-bond acceptors (Lipinski definition) is 4. The summed E-state index contributed by atoms with van der Waals surface area (Å²) in [5, 5.41) is 3.86. The molecule has 1 aromatic heterocycles. The van der Waals surface area contributed by atoms with Crippen LogP contribution in [0.3, 0.4) is 0 Å². The first-order valence-electron chi connectivity index (χ1n) is 5.63. The Labute approximate surface area is 113 Å². The van der Waals surface area contributed by atoms with Crippen LogP contribution in [0.5, 0.6) is 0 Å². The van der Waals surface area contributed by atoms with Crippen molar-refractivity contribution in [3.63, 3.8) is 0 Å². The molecule has 0 saturated heterocycles. The molecule has 1 atom stereocenters. The molecule has 6 heteroatoms. The fourth-order valence-electron chi connectivity index (χ4n) is 1.49. The van der Waals surface area contributed by atoms with E-state index in [0.717, 1.165) is 6.42 Å². The highest BCUT2D eigenvalue weighted by Crippen LogP contribution is 2.27. The van der Waals surface area contributed by atoms with Crippen LogP contribution in [0.1, 0.15) is 19.2 Å². The topological polar surface area (TPSA) is 64.9 Å². The van der Waals surface area contributed by atoms with E-state index in [2.05, 4.69) is 26.1 Å². The second-order valence-electron chi connectivity index (χ2n) is 4.01. The van der Waals surface area contributed by atoms with Gasteiger partial charge in [0.1, 0.15) is 5.82 Å². The summed E-state index contributed by atoms with van der Waals surface area (Å²) in [5.74, 6) is 0.606. The van der Waals surface area contributed by atoms with Crippen LogP contribution in [0, 0.1) is 5.82 Å². The zero-order valence-corrected chi connectivity index (χ0v) is 11.4. The lowest BCUT2D eigenvalue weighted by atomic mass is 10.1. The molecule has 96 valence electrons. The van der Waals surface area contributed by atoms with Gasteiger partial charge < -0.3 is 10.3 Å². The summed E-state index contributed by atoms with van der Waals surface area (Å²) in [7, 11) is 0. The molecule has 0 radical (unpaired) electrons. The molecule has 18 heavy (non-hydrogen) atoms. The quantitative estimate of drug-likeness (QED) is 0.942. The summed E-state index contributed by atoms with van der Waals surface area (Å²) < 4.78 is 18.7. The lowest BCUT2D eigenvalue weighted by Gasteiger charge is -2.02. The van der Waals surface area contributed by atoms with E-state index in [9.17, 15) is 4.39 Å². The smallest absolute Gasteiger partial charge is 0.259 e. The lowest BCUT2D eigenvalue weighted by Crippen LogP contribution is -2.21. The van der Waals surface area contributed by atoms with Gasteiger partial charge in [-0.3, -0.25) is 0 Å². The molecular weight excluding hydrogens is 301 g/mol. The Kier molecular flexibility index (Phi) is 4.08. The highest BCUT2D eigenvalue weighted by Gasteiger charge is 2.14. The number of aromatic nitrogens is 2. The Morgan fingerprint density at radius 2 is 2.28 bits per heavy atom. The van der Waals surface area contributed by atoms with E-state index in [4.69, 9.17) is 10.3 Å². The predicted octanol–water partition coefficient (Wildman–Crippen LogP) is 2.92. The Balaban J connectivity index is 2.24. The third kappa shape index (κ3) is 2.94. The summed E-state index contributed by atoms with van der Waals surface area (Å²) in [6.07, 6.45) is 1.42. The van der Waals surface area contributed by atoms with Gasteiger partial charge in [0.05, 0.1) is 5.56 Å².